The molecule has 0 spiro atoms. The van der Waals surface area contributed by atoms with Crippen molar-refractivity contribution in [3.05, 3.63) is 53.1 Å². The molecule has 2 aliphatic heterocycles. The minimum atomic E-state index is -3.86. The molecule has 1 fully saturated rings. The van der Waals surface area contributed by atoms with E-state index in [1.165, 1.54) is 9.21 Å². The Balaban J connectivity index is 1.74. The Kier molecular flexibility index (Phi) is 11.0. The van der Waals surface area contributed by atoms with Gasteiger partial charge in [-0.25, -0.2) is 18.2 Å². The minimum absolute atomic E-state index is 0.0511. The van der Waals surface area contributed by atoms with Gasteiger partial charge < -0.3 is 25.4 Å². The molecule has 0 aliphatic carbocycles. The van der Waals surface area contributed by atoms with E-state index in [1.807, 2.05) is 49.1 Å². The summed E-state index contributed by atoms with van der Waals surface area (Å²) in [5, 5.41) is 9.45. The number of ether oxygens (including phenoxy) is 1. The Morgan fingerprint density at radius 3 is 2.35 bits per heavy atom. The van der Waals surface area contributed by atoms with Crippen LogP contribution in [0.3, 0.4) is 0 Å². The van der Waals surface area contributed by atoms with E-state index in [4.69, 9.17) is 10.5 Å². The van der Waals surface area contributed by atoms with Gasteiger partial charge in [-0.3, -0.25) is 4.79 Å². The van der Waals surface area contributed by atoms with E-state index in [9.17, 15) is 23.1 Å². The van der Waals surface area contributed by atoms with Gasteiger partial charge in [0.15, 0.2) is 0 Å². The highest BCUT2D eigenvalue weighted by Gasteiger charge is 2.36. The molecule has 2 aromatic carbocycles. The van der Waals surface area contributed by atoms with Crippen LogP contribution in [-0.2, 0) is 26.1 Å². The van der Waals surface area contributed by atoms with Crippen LogP contribution in [0.25, 0.3) is 17.2 Å². The van der Waals surface area contributed by atoms with Crippen LogP contribution in [0.2, 0.25) is 0 Å². The molecular formula is C34H47N5O6S. The molecule has 2 heterocycles. The molecule has 1 saturated heterocycles. The van der Waals surface area contributed by atoms with Gasteiger partial charge >= 0.3 is 6.09 Å². The first kappa shape index (κ1) is 35.1. The SMILES string of the molecule is CCCN(CCC)C(=O)C1=Cc2ccc(-c3cc(CN(C)C(=O)OC(C)(C)C)cc(S(=O)(=O)N4CC(CO)C4)c3)cc2N=C(N)C1. The molecule has 2 aliphatic rings. The Hall–Kier alpha value is -3.74. The predicted molar refractivity (Wildman–Crippen MR) is 180 cm³/mol. The monoisotopic (exact) mass is 653 g/mol. The first-order chi connectivity index (χ1) is 21.6. The van der Waals surface area contributed by atoms with E-state index in [-0.39, 0.29) is 49.4 Å². The molecule has 2 aromatic rings. The highest BCUT2D eigenvalue weighted by Crippen LogP contribution is 2.35. The third-order valence-electron chi connectivity index (χ3n) is 7.79. The van der Waals surface area contributed by atoms with Crippen LogP contribution in [0.1, 0.15) is 65.0 Å². The number of nitrogens with two attached hydrogens (primary N) is 1. The molecule has 12 heteroatoms. The van der Waals surface area contributed by atoms with Crippen molar-refractivity contribution >= 4 is 39.6 Å². The highest BCUT2D eigenvalue weighted by atomic mass is 32.2. The fourth-order valence-corrected chi connectivity index (χ4v) is 7.18. The first-order valence-electron chi connectivity index (χ1n) is 15.8. The van der Waals surface area contributed by atoms with Gasteiger partial charge in [-0.15, -0.1) is 0 Å². The van der Waals surface area contributed by atoms with Crippen molar-refractivity contribution in [3.8, 4) is 11.1 Å². The number of aliphatic hydroxyl groups excluding tert-OH is 1. The Morgan fingerprint density at radius 2 is 1.74 bits per heavy atom. The van der Waals surface area contributed by atoms with Gasteiger partial charge in [-0.05, 0) is 80.6 Å². The second-order valence-electron chi connectivity index (χ2n) is 13.1. The van der Waals surface area contributed by atoms with Gasteiger partial charge in [0.25, 0.3) is 0 Å². The lowest BCUT2D eigenvalue weighted by Crippen LogP contribution is -2.51. The normalized spacial score (nSPS) is 15.6. The summed E-state index contributed by atoms with van der Waals surface area (Å²) in [4.78, 5) is 34.1. The quantitative estimate of drug-likeness (QED) is 0.356. The van der Waals surface area contributed by atoms with E-state index in [2.05, 4.69) is 4.99 Å². The molecule has 0 unspecified atom stereocenters. The van der Waals surface area contributed by atoms with Gasteiger partial charge in [-0.1, -0.05) is 26.0 Å². The van der Waals surface area contributed by atoms with Crippen molar-refractivity contribution in [1.29, 1.82) is 0 Å². The molecule has 0 bridgehead atoms. The zero-order chi connectivity index (χ0) is 33.8. The number of hydrogen-bond acceptors (Lipinski definition) is 8. The van der Waals surface area contributed by atoms with E-state index in [1.54, 1.807) is 40.0 Å². The van der Waals surface area contributed by atoms with Gasteiger partial charge in [-0.2, -0.15) is 4.31 Å². The van der Waals surface area contributed by atoms with Crippen molar-refractivity contribution in [1.82, 2.24) is 14.1 Å². The second kappa shape index (κ2) is 14.4. The maximum absolute atomic E-state index is 13.6. The van der Waals surface area contributed by atoms with Crippen LogP contribution in [-0.4, -0.2) is 90.9 Å². The Bertz CT molecular complexity index is 1620. The summed E-state index contributed by atoms with van der Waals surface area (Å²) in [7, 11) is -2.26. The summed E-state index contributed by atoms with van der Waals surface area (Å²) in [6, 6.07) is 10.6. The molecule has 250 valence electrons. The number of aliphatic imine (C=N–C) groups is 1. The number of carbonyl (C=O) groups excluding carboxylic acids is 2. The molecule has 0 atom stereocenters. The lowest BCUT2D eigenvalue weighted by molar-refractivity contribution is -0.127. The summed E-state index contributed by atoms with van der Waals surface area (Å²) < 4.78 is 34.1. The summed E-state index contributed by atoms with van der Waals surface area (Å²) >= 11 is 0. The van der Waals surface area contributed by atoms with Gasteiger partial charge in [0.1, 0.15) is 11.4 Å². The van der Waals surface area contributed by atoms with Crippen molar-refractivity contribution in [2.24, 2.45) is 16.6 Å². The summed E-state index contributed by atoms with van der Waals surface area (Å²) in [5.74, 6) is 0.171. The van der Waals surface area contributed by atoms with Gasteiger partial charge in [0.05, 0.1) is 10.6 Å². The smallest absolute Gasteiger partial charge is 0.410 e. The zero-order valence-electron chi connectivity index (χ0n) is 27.7. The van der Waals surface area contributed by atoms with E-state index >= 15 is 0 Å². The molecule has 0 radical (unpaired) electrons. The number of hydrogen-bond donors (Lipinski definition) is 2. The van der Waals surface area contributed by atoms with Crippen LogP contribution in [0, 0.1) is 5.92 Å². The largest absolute Gasteiger partial charge is 0.444 e. The van der Waals surface area contributed by atoms with Crippen LogP contribution >= 0.6 is 0 Å². The standard InChI is InChI=1S/C34H47N5O6S/c1-7-11-38(12-8-2)32(41)28-15-26-10-9-25(17-30(26)36-31(35)18-28)27-13-23(19-37(6)33(42)45-34(3,4)5)14-29(16-27)46(43,44)39-20-24(21-39)22-40/h9-10,13-17,24,40H,7-8,11-12,18-22H2,1-6H3,(H2,35,36). The number of sulfonamides is 1. The van der Waals surface area contributed by atoms with Gasteiger partial charge in [0.2, 0.25) is 15.9 Å². The maximum atomic E-state index is 13.6. The lowest BCUT2D eigenvalue weighted by atomic mass is 9.99. The first-order valence-corrected chi connectivity index (χ1v) is 17.3. The van der Waals surface area contributed by atoms with Crippen molar-refractivity contribution in [2.75, 3.05) is 39.8 Å². The Labute approximate surface area is 272 Å². The molecule has 0 saturated carbocycles. The van der Waals surface area contributed by atoms with E-state index < -0.39 is 21.7 Å². The van der Waals surface area contributed by atoms with Crippen molar-refractivity contribution < 1.29 is 27.9 Å². The molecule has 2 amide bonds. The third-order valence-corrected chi connectivity index (χ3v) is 9.60. The second-order valence-corrected chi connectivity index (χ2v) is 15.0. The van der Waals surface area contributed by atoms with Crippen LogP contribution < -0.4 is 5.73 Å². The number of amidine groups is 1. The number of rotatable bonds is 11. The number of nitrogens with zero attached hydrogens (tertiary/aromatic N) is 4. The average Bonchev–Trinajstić information content (AvgIpc) is 3.12. The molecule has 0 aromatic heterocycles. The van der Waals surface area contributed by atoms with Crippen LogP contribution in [0.15, 0.2) is 51.9 Å². The highest BCUT2D eigenvalue weighted by molar-refractivity contribution is 7.89. The van der Waals surface area contributed by atoms with E-state index in [0.717, 1.165) is 18.4 Å². The molecule has 4 rings (SSSR count). The zero-order valence-corrected chi connectivity index (χ0v) is 28.6. The van der Waals surface area contributed by atoms with Crippen molar-refractivity contribution in [2.45, 2.75) is 70.9 Å². The fourth-order valence-electron chi connectivity index (χ4n) is 5.49. The summed E-state index contributed by atoms with van der Waals surface area (Å²) in [5.41, 5.74) is 9.43. The number of benzene rings is 2. The molecule has 46 heavy (non-hydrogen) atoms. The number of fused-ring (bicyclic) bond motifs is 1. The summed E-state index contributed by atoms with van der Waals surface area (Å²) in [6.45, 7) is 11.3. The number of amides is 2. The third kappa shape index (κ3) is 8.34. The average molecular weight is 654 g/mol. The maximum Gasteiger partial charge on any atom is 0.410 e. The molecule has 3 N–H and O–H groups in total. The van der Waals surface area contributed by atoms with Crippen LogP contribution in [0.5, 0.6) is 0 Å². The molecule has 11 nitrogen and oxygen atoms in total. The topological polar surface area (TPSA) is 146 Å². The van der Waals surface area contributed by atoms with Crippen LogP contribution in [0.4, 0.5) is 10.5 Å². The Morgan fingerprint density at radius 1 is 1.07 bits per heavy atom. The fraction of sp³-hybridized carbons (Fsp3) is 0.500. The lowest BCUT2D eigenvalue weighted by Gasteiger charge is -2.37. The number of carbonyl (C=O) groups is 2. The van der Waals surface area contributed by atoms with Gasteiger partial charge in [0, 0.05) is 69.9 Å². The summed E-state index contributed by atoms with van der Waals surface area (Å²) in [6.07, 6.45) is 3.25. The van der Waals surface area contributed by atoms with Crippen molar-refractivity contribution in [3.63, 3.8) is 0 Å². The molecular weight excluding hydrogens is 606 g/mol. The predicted octanol–water partition coefficient (Wildman–Crippen LogP) is 4.76. The number of aliphatic hydroxyl groups is 1. The van der Waals surface area contributed by atoms with E-state index in [0.29, 0.717) is 46.9 Å². The minimum Gasteiger partial charge on any atom is -0.444 e.